The second-order valence-electron chi connectivity index (χ2n) is 47.9. The molecule has 0 spiro atoms. The van der Waals surface area contributed by atoms with E-state index in [0.717, 1.165) is 118 Å². The predicted molar refractivity (Wildman–Crippen MR) is 536 cm³/mol. The van der Waals surface area contributed by atoms with Crippen LogP contribution in [0.15, 0.2) is 241 Å². The predicted octanol–water partition coefficient (Wildman–Crippen LogP) is 36.2. The molecular formula is C124H168. The Balaban J connectivity index is 0.000000103. The number of allylic oxidation sites excluding steroid dienone is 8. The van der Waals surface area contributed by atoms with Crippen LogP contribution < -0.4 is 0 Å². The Morgan fingerprint density at radius 3 is 0.823 bits per heavy atom. The van der Waals surface area contributed by atoms with Crippen LogP contribution in [0.4, 0.5) is 0 Å². The van der Waals surface area contributed by atoms with Gasteiger partial charge in [-0.1, -0.05) is 350 Å². The van der Waals surface area contributed by atoms with E-state index in [1.54, 1.807) is 49.7 Å². The molecule has 8 aromatic rings. The molecule has 0 radical (unpaired) electrons. The molecule has 0 amide bonds. The van der Waals surface area contributed by atoms with Gasteiger partial charge in [-0.25, -0.2) is 0 Å². The van der Waals surface area contributed by atoms with Crippen molar-refractivity contribution in [2.75, 3.05) is 0 Å². The standard InChI is InChI=1S/C21H36.2C21H34.C21H32.4C10H8/c4*1-14-9-11-21(4)16(13-14)6-7-17-18-8-5-15(2)20(18,3)12-10-19(17)21;4*1-2-6-10-8-4-3-7-9(10)5-1/h14-19H,5-13H2,1-4H3;6,14-15,17-19H,5,7-13H2,1-4H3;5,14,16-19H,6-13H2,1-4H3;5-6,14,17-19H,7-13H2,1-4H3;4*1-8H/t14?,15?,16-,17-,18-,19-,20+,21-;14?,15?,17-,18-,19-,20+,21-;14?,16-,17-,18-,19-,20+,21-;14?,17-,18-,19-,20+,21-;;;;/m0000..../s1. The van der Waals surface area contributed by atoms with E-state index >= 15 is 0 Å². The fraction of sp³-hybridized carbons (Fsp3) is 0.613. The summed E-state index contributed by atoms with van der Waals surface area (Å²) in [6, 6.07) is 66.9. The molecule has 0 bridgehead atoms. The minimum atomic E-state index is 0.533. The minimum absolute atomic E-state index is 0.533. The molecule has 0 saturated heterocycles. The van der Waals surface area contributed by atoms with Crippen molar-refractivity contribution in [1.82, 2.24) is 0 Å². The van der Waals surface area contributed by atoms with Crippen LogP contribution in [0.1, 0.15) is 316 Å². The van der Waals surface area contributed by atoms with E-state index in [4.69, 9.17) is 0 Å². The molecule has 0 N–H and O–H groups in total. The minimum Gasteiger partial charge on any atom is -0.0847 e. The van der Waals surface area contributed by atoms with Crippen molar-refractivity contribution in [2.45, 2.75) is 316 Å². The molecular weight excluding hydrogens is 1490 g/mol. The number of benzene rings is 8. The molecule has 24 rings (SSSR count). The largest absolute Gasteiger partial charge is 0.0847 e. The van der Waals surface area contributed by atoms with Crippen molar-refractivity contribution < 1.29 is 0 Å². The van der Waals surface area contributed by atoms with Gasteiger partial charge in [0.25, 0.3) is 0 Å². The van der Waals surface area contributed by atoms with Gasteiger partial charge in [0.15, 0.2) is 0 Å². The summed E-state index contributed by atoms with van der Waals surface area (Å²) in [4.78, 5) is 0. The molecule has 12 saturated carbocycles. The third kappa shape index (κ3) is 17.2. The molecule has 0 heteroatoms. The summed E-state index contributed by atoms with van der Waals surface area (Å²) in [6.45, 7) is 40.9. The van der Waals surface area contributed by atoms with Gasteiger partial charge in [-0.05, 0) is 411 Å². The third-order valence-electron chi connectivity index (χ3n) is 42.1. The first-order chi connectivity index (χ1) is 59.7. The number of hydrogen-bond donors (Lipinski definition) is 0. The van der Waals surface area contributed by atoms with E-state index < -0.39 is 0 Å². The average molecular weight is 1660 g/mol. The smallest absolute Gasteiger partial charge is 0.00850 e. The topological polar surface area (TPSA) is 0 Å². The van der Waals surface area contributed by atoms with Crippen molar-refractivity contribution in [2.24, 2.45) is 162 Å². The van der Waals surface area contributed by atoms with Gasteiger partial charge in [-0.15, -0.1) is 0 Å². The maximum absolute atomic E-state index is 2.71. The van der Waals surface area contributed by atoms with Crippen LogP contribution in [0.25, 0.3) is 43.1 Å². The molecule has 16 aliphatic rings. The van der Waals surface area contributed by atoms with Crippen LogP contribution >= 0.6 is 0 Å². The first-order valence-electron chi connectivity index (χ1n) is 52.2. The van der Waals surface area contributed by atoms with Gasteiger partial charge < -0.3 is 0 Å². The number of fused-ring (bicyclic) bond motifs is 24. The highest BCUT2D eigenvalue weighted by molar-refractivity contribution is 5.84. The van der Waals surface area contributed by atoms with Crippen molar-refractivity contribution in [3.63, 3.8) is 0 Å². The lowest BCUT2D eigenvalue weighted by atomic mass is 9.44. The van der Waals surface area contributed by atoms with Crippen LogP contribution in [-0.4, -0.2) is 0 Å². The lowest BCUT2D eigenvalue weighted by Gasteiger charge is -2.61. The first kappa shape index (κ1) is 89.7. The molecule has 8 aromatic carbocycles. The van der Waals surface area contributed by atoms with E-state index in [9.17, 15) is 0 Å². The van der Waals surface area contributed by atoms with Gasteiger partial charge >= 0.3 is 0 Å². The van der Waals surface area contributed by atoms with Crippen molar-refractivity contribution in [3.05, 3.63) is 241 Å². The summed E-state index contributed by atoms with van der Waals surface area (Å²) in [6.07, 6.45) is 58.2. The second kappa shape index (κ2) is 37.0. The van der Waals surface area contributed by atoms with Crippen LogP contribution in [0, 0.1) is 162 Å². The van der Waals surface area contributed by atoms with Gasteiger partial charge in [-0.2, -0.15) is 0 Å². The Morgan fingerprint density at radius 2 is 0.476 bits per heavy atom. The molecule has 124 heavy (non-hydrogen) atoms. The van der Waals surface area contributed by atoms with E-state index in [0.29, 0.717) is 43.3 Å². The zero-order valence-corrected chi connectivity index (χ0v) is 81.0. The van der Waals surface area contributed by atoms with Gasteiger partial charge in [0, 0.05) is 0 Å². The first-order valence-corrected chi connectivity index (χ1v) is 52.2. The summed E-state index contributed by atoms with van der Waals surface area (Å²) in [5, 5.41) is 10.5. The van der Waals surface area contributed by atoms with Crippen molar-refractivity contribution in [3.8, 4) is 0 Å². The van der Waals surface area contributed by atoms with Gasteiger partial charge in [0.2, 0.25) is 0 Å². The quantitative estimate of drug-likeness (QED) is 0.133. The monoisotopic (exact) mass is 1660 g/mol. The normalized spacial score (nSPS) is 41.3. The van der Waals surface area contributed by atoms with E-state index in [2.05, 4.69) is 329 Å². The Kier molecular flexibility index (Phi) is 26.7. The molecule has 0 aliphatic heterocycles. The fourth-order valence-electron chi connectivity index (χ4n) is 33.3. The maximum atomic E-state index is 2.71. The molecule has 6 unspecified atom stereocenters. The Bertz CT molecular complexity index is 4430. The van der Waals surface area contributed by atoms with E-state index in [1.807, 2.05) is 11.1 Å². The van der Waals surface area contributed by atoms with Gasteiger partial charge in [-0.3, -0.25) is 0 Å². The van der Waals surface area contributed by atoms with Crippen LogP contribution in [0.5, 0.6) is 0 Å². The lowest BCUT2D eigenvalue weighted by Crippen LogP contribution is -2.53. The van der Waals surface area contributed by atoms with E-state index in [-0.39, 0.29) is 0 Å². The lowest BCUT2D eigenvalue weighted by molar-refractivity contribution is -0.115. The van der Waals surface area contributed by atoms with Crippen LogP contribution in [-0.2, 0) is 0 Å². The average Bonchev–Trinajstić information content (AvgIpc) is 1.24. The Labute approximate surface area is 756 Å². The Hall–Kier alpha value is -6.24. The number of rotatable bonds is 0. The van der Waals surface area contributed by atoms with Crippen LogP contribution in [0.3, 0.4) is 0 Å². The van der Waals surface area contributed by atoms with Gasteiger partial charge in [0.05, 0.1) is 0 Å². The molecule has 664 valence electrons. The third-order valence-corrected chi connectivity index (χ3v) is 42.1. The SMILES string of the molecule is CC1=CC[C@H]2[C@@H]3CC=C4CC(C)CC[C@]4(C)[C@H]3CC[C@]12C.CC1=CC[C@H]2[C@@H]3CC[C@H]4CC(C)CC[C@]4(C)[C@H]3CC[C@]12C.CC1CC[C@@]2(C)C(=CC[C@@H]3[C@@H]2CC[C@]2(C)C(C)CC[C@@H]32)C1.CC1CC[C@@]2(C)[C@@H](CC[C@@H]3[C@@H]2CC[C@]2(C)C(C)CC[C@@H]32)C1.c1ccc2ccccc2c1.c1ccc2ccccc2c1.c1ccc2ccccc2c1.c1ccc2ccccc2c1. The molecule has 28 atom stereocenters. The summed E-state index contributed by atoms with van der Waals surface area (Å²) >= 11 is 0. The van der Waals surface area contributed by atoms with Crippen molar-refractivity contribution >= 4 is 43.1 Å². The fourth-order valence-corrected chi connectivity index (χ4v) is 33.3. The summed E-state index contributed by atoms with van der Waals surface area (Å²) in [5.74, 6) is 20.1. The highest BCUT2D eigenvalue weighted by Gasteiger charge is 2.63. The molecule has 0 heterocycles. The zero-order chi connectivity index (χ0) is 86.6. The summed E-state index contributed by atoms with van der Waals surface area (Å²) in [7, 11) is 0. The van der Waals surface area contributed by atoms with E-state index in [1.165, 1.54) is 210 Å². The molecule has 12 fully saturated rings. The molecule has 0 nitrogen and oxygen atoms in total. The zero-order valence-electron chi connectivity index (χ0n) is 81.0. The molecule has 0 aromatic heterocycles. The highest BCUT2D eigenvalue weighted by atomic mass is 14.7. The maximum Gasteiger partial charge on any atom is -0.00850 e. The van der Waals surface area contributed by atoms with Gasteiger partial charge in [0.1, 0.15) is 0 Å². The Morgan fingerprint density at radius 1 is 0.218 bits per heavy atom. The van der Waals surface area contributed by atoms with Crippen LogP contribution in [0.2, 0.25) is 0 Å². The molecule has 16 aliphatic carbocycles. The number of hydrogen-bond acceptors (Lipinski definition) is 0. The van der Waals surface area contributed by atoms with Crippen molar-refractivity contribution in [1.29, 1.82) is 0 Å². The highest BCUT2D eigenvalue weighted by Crippen LogP contribution is 2.72. The summed E-state index contributed by atoms with van der Waals surface area (Å²) < 4.78 is 0. The second-order valence-corrected chi connectivity index (χ2v) is 47.9. The summed E-state index contributed by atoms with van der Waals surface area (Å²) in [5.41, 5.74) is 12.1.